The first-order valence-electron chi connectivity index (χ1n) is 8.07. The Labute approximate surface area is 147 Å². The van der Waals surface area contributed by atoms with Crippen LogP contribution >= 0.6 is 0 Å². The molecule has 2 aromatic rings. The molecule has 1 aliphatic rings. The van der Waals surface area contributed by atoms with Crippen molar-refractivity contribution >= 4 is 27.3 Å². The van der Waals surface area contributed by atoms with E-state index < -0.39 is 16.1 Å². The maximum Gasteiger partial charge on any atom is 0.261 e. The first kappa shape index (κ1) is 17.4. The third kappa shape index (κ3) is 4.18. The van der Waals surface area contributed by atoms with Crippen LogP contribution in [-0.2, 0) is 19.6 Å². The molecule has 1 atom stereocenters. The number of para-hydroxylation sites is 1. The fourth-order valence-electron chi connectivity index (χ4n) is 2.62. The van der Waals surface area contributed by atoms with Gasteiger partial charge in [-0.3, -0.25) is 9.52 Å². The number of rotatable bonds is 5. The van der Waals surface area contributed by atoms with Crippen LogP contribution < -0.4 is 10.0 Å². The largest absolute Gasteiger partial charge is 0.368 e. The molecule has 0 radical (unpaired) electrons. The zero-order valence-corrected chi connectivity index (χ0v) is 14.7. The number of sulfonamides is 1. The van der Waals surface area contributed by atoms with Crippen LogP contribution in [-0.4, -0.2) is 27.0 Å². The molecule has 2 N–H and O–H groups in total. The number of amides is 1. The standard InChI is InChI=1S/C18H20N2O4S/c1-13-5-2-3-6-16(13)20-25(22,23)15-10-8-14(9-11-15)19-18(21)17-7-4-12-24-17/h2-3,5-6,8-11,17,20H,4,7,12H2,1H3,(H,19,21)/t17-/m0/s1. The van der Waals surface area contributed by atoms with Crippen molar-refractivity contribution in [3.05, 3.63) is 54.1 Å². The van der Waals surface area contributed by atoms with E-state index in [0.717, 1.165) is 12.0 Å². The highest BCUT2D eigenvalue weighted by molar-refractivity contribution is 7.92. The average molecular weight is 360 g/mol. The third-order valence-electron chi connectivity index (χ3n) is 4.04. The second-order valence-corrected chi connectivity index (χ2v) is 7.62. The van der Waals surface area contributed by atoms with Crippen molar-refractivity contribution in [2.45, 2.75) is 30.8 Å². The summed E-state index contributed by atoms with van der Waals surface area (Å²) in [5.41, 5.74) is 1.92. The molecule has 0 aromatic heterocycles. The topological polar surface area (TPSA) is 84.5 Å². The molecule has 0 spiro atoms. The van der Waals surface area contributed by atoms with Gasteiger partial charge in [0, 0.05) is 12.3 Å². The summed E-state index contributed by atoms with van der Waals surface area (Å²) in [6.45, 7) is 2.43. The van der Waals surface area contributed by atoms with Gasteiger partial charge in [0.2, 0.25) is 0 Å². The van der Waals surface area contributed by atoms with Crippen LogP contribution in [0.2, 0.25) is 0 Å². The molecule has 1 heterocycles. The molecular weight excluding hydrogens is 340 g/mol. The molecule has 0 unspecified atom stereocenters. The maximum atomic E-state index is 12.5. The van der Waals surface area contributed by atoms with Gasteiger partial charge in [-0.05, 0) is 55.7 Å². The first-order chi connectivity index (χ1) is 12.0. The van der Waals surface area contributed by atoms with Crippen molar-refractivity contribution in [3.8, 4) is 0 Å². The number of carbonyl (C=O) groups is 1. The summed E-state index contributed by atoms with van der Waals surface area (Å²) in [5.74, 6) is -0.203. The molecule has 1 saturated heterocycles. The smallest absolute Gasteiger partial charge is 0.261 e. The van der Waals surface area contributed by atoms with E-state index in [1.165, 1.54) is 12.1 Å². The van der Waals surface area contributed by atoms with Crippen LogP contribution in [0.1, 0.15) is 18.4 Å². The van der Waals surface area contributed by atoms with Gasteiger partial charge in [0.05, 0.1) is 10.6 Å². The molecule has 6 nitrogen and oxygen atoms in total. The van der Waals surface area contributed by atoms with Crippen LogP contribution in [0.25, 0.3) is 0 Å². The van der Waals surface area contributed by atoms with E-state index in [0.29, 0.717) is 24.4 Å². The minimum atomic E-state index is -3.68. The van der Waals surface area contributed by atoms with Gasteiger partial charge in [-0.15, -0.1) is 0 Å². The van der Waals surface area contributed by atoms with Crippen LogP contribution in [0, 0.1) is 6.92 Å². The van der Waals surface area contributed by atoms with Crippen molar-refractivity contribution in [1.29, 1.82) is 0 Å². The number of anilines is 2. The van der Waals surface area contributed by atoms with E-state index in [1.807, 2.05) is 19.1 Å². The van der Waals surface area contributed by atoms with Gasteiger partial charge >= 0.3 is 0 Å². The van der Waals surface area contributed by atoms with Gasteiger partial charge < -0.3 is 10.1 Å². The van der Waals surface area contributed by atoms with Crippen molar-refractivity contribution in [1.82, 2.24) is 0 Å². The molecule has 1 fully saturated rings. The number of benzene rings is 2. The summed E-state index contributed by atoms with van der Waals surface area (Å²) in [6.07, 6.45) is 1.16. The molecule has 0 bridgehead atoms. The van der Waals surface area contributed by atoms with Crippen molar-refractivity contribution in [3.63, 3.8) is 0 Å². The summed E-state index contributed by atoms with van der Waals surface area (Å²) in [5, 5.41) is 2.74. The lowest BCUT2D eigenvalue weighted by Crippen LogP contribution is -2.26. The number of nitrogens with one attached hydrogen (secondary N) is 2. The first-order valence-corrected chi connectivity index (χ1v) is 9.55. The van der Waals surface area contributed by atoms with E-state index in [4.69, 9.17) is 4.74 Å². The van der Waals surface area contributed by atoms with E-state index >= 15 is 0 Å². The molecule has 7 heteroatoms. The van der Waals surface area contributed by atoms with Gasteiger partial charge in [-0.2, -0.15) is 0 Å². The molecule has 1 aliphatic heterocycles. The van der Waals surface area contributed by atoms with Gasteiger partial charge in [-0.25, -0.2) is 8.42 Å². The lowest BCUT2D eigenvalue weighted by molar-refractivity contribution is -0.124. The summed E-state index contributed by atoms with van der Waals surface area (Å²) in [6, 6.07) is 13.2. The number of ether oxygens (including phenoxy) is 1. The van der Waals surface area contributed by atoms with Crippen LogP contribution in [0.15, 0.2) is 53.4 Å². The Morgan fingerprint density at radius 1 is 1.12 bits per heavy atom. The average Bonchev–Trinajstić information content (AvgIpc) is 3.12. The van der Waals surface area contributed by atoms with Gasteiger partial charge in [0.25, 0.3) is 15.9 Å². The Hall–Kier alpha value is -2.38. The predicted molar refractivity (Wildman–Crippen MR) is 96.0 cm³/mol. The van der Waals surface area contributed by atoms with Gasteiger partial charge in [-0.1, -0.05) is 18.2 Å². The molecule has 0 saturated carbocycles. The Bertz CT molecular complexity index is 857. The van der Waals surface area contributed by atoms with Crippen molar-refractivity contribution in [2.24, 2.45) is 0 Å². The van der Waals surface area contributed by atoms with Crippen LogP contribution in [0.5, 0.6) is 0 Å². The van der Waals surface area contributed by atoms with E-state index in [-0.39, 0.29) is 10.8 Å². The normalized spacial score (nSPS) is 17.2. The summed E-state index contributed by atoms with van der Waals surface area (Å²) in [7, 11) is -3.68. The second-order valence-electron chi connectivity index (χ2n) is 5.94. The maximum absolute atomic E-state index is 12.5. The molecule has 0 aliphatic carbocycles. The Kier molecular flexibility index (Phi) is 5.06. The fourth-order valence-corrected chi connectivity index (χ4v) is 3.75. The molecule has 2 aromatic carbocycles. The molecule has 132 valence electrons. The quantitative estimate of drug-likeness (QED) is 0.859. The Balaban J connectivity index is 1.70. The zero-order valence-electron chi connectivity index (χ0n) is 13.9. The minimum absolute atomic E-state index is 0.130. The summed E-state index contributed by atoms with van der Waals surface area (Å²) in [4.78, 5) is 12.1. The summed E-state index contributed by atoms with van der Waals surface area (Å²) < 4.78 is 32.9. The lowest BCUT2D eigenvalue weighted by Gasteiger charge is -2.12. The highest BCUT2D eigenvalue weighted by Crippen LogP contribution is 2.21. The Morgan fingerprint density at radius 3 is 2.48 bits per heavy atom. The molecule has 3 rings (SSSR count). The van der Waals surface area contributed by atoms with Crippen LogP contribution in [0.3, 0.4) is 0 Å². The predicted octanol–water partition coefficient (Wildman–Crippen LogP) is 2.91. The van der Waals surface area contributed by atoms with Crippen molar-refractivity contribution in [2.75, 3.05) is 16.6 Å². The van der Waals surface area contributed by atoms with E-state index in [1.54, 1.807) is 24.3 Å². The lowest BCUT2D eigenvalue weighted by atomic mass is 10.2. The Morgan fingerprint density at radius 2 is 1.84 bits per heavy atom. The van der Waals surface area contributed by atoms with E-state index in [2.05, 4.69) is 10.0 Å². The molecule has 25 heavy (non-hydrogen) atoms. The highest BCUT2D eigenvalue weighted by Gasteiger charge is 2.23. The molecular formula is C18H20N2O4S. The van der Waals surface area contributed by atoms with Gasteiger partial charge in [0.15, 0.2) is 0 Å². The zero-order chi connectivity index (χ0) is 17.9. The van der Waals surface area contributed by atoms with Crippen molar-refractivity contribution < 1.29 is 17.9 Å². The third-order valence-corrected chi connectivity index (χ3v) is 5.43. The SMILES string of the molecule is Cc1ccccc1NS(=O)(=O)c1ccc(NC(=O)[C@@H]2CCCO2)cc1. The summed E-state index contributed by atoms with van der Waals surface area (Å²) >= 11 is 0. The minimum Gasteiger partial charge on any atom is -0.368 e. The second kappa shape index (κ2) is 7.25. The highest BCUT2D eigenvalue weighted by atomic mass is 32.2. The number of hydrogen-bond donors (Lipinski definition) is 2. The van der Waals surface area contributed by atoms with Crippen LogP contribution in [0.4, 0.5) is 11.4 Å². The fraction of sp³-hybridized carbons (Fsp3) is 0.278. The number of hydrogen-bond acceptors (Lipinski definition) is 4. The van der Waals surface area contributed by atoms with Gasteiger partial charge in [0.1, 0.15) is 6.10 Å². The number of carbonyl (C=O) groups excluding carboxylic acids is 1. The number of aryl methyl sites for hydroxylation is 1. The molecule has 1 amide bonds. The van der Waals surface area contributed by atoms with E-state index in [9.17, 15) is 13.2 Å². The monoisotopic (exact) mass is 360 g/mol.